The van der Waals surface area contributed by atoms with Crippen molar-refractivity contribution in [3.05, 3.63) is 23.8 Å². The number of hydrogen-bond acceptors (Lipinski definition) is 0. The van der Waals surface area contributed by atoms with Crippen molar-refractivity contribution in [1.82, 2.24) is 0 Å². The van der Waals surface area contributed by atoms with E-state index >= 15 is 0 Å². The van der Waals surface area contributed by atoms with Gasteiger partial charge in [-0.15, -0.1) is 0 Å². The molecule has 0 atom stereocenters. The highest BCUT2D eigenvalue weighted by Crippen LogP contribution is 2.16. The predicted molar refractivity (Wildman–Crippen MR) is 45.9 cm³/mol. The van der Waals surface area contributed by atoms with Crippen molar-refractivity contribution in [2.75, 3.05) is 0 Å². The molecule has 0 aromatic heterocycles. The summed E-state index contributed by atoms with van der Waals surface area (Å²) < 4.78 is 0. The minimum Gasteiger partial charge on any atom is -0.0843 e. The molecular weight excluding hydrogens is 120 g/mol. The molecule has 1 aliphatic rings. The summed E-state index contributed by atoms with van der Waals surface area (Å²) in [5, 5.41) is 0. The zero-order valence-electron chi connectivity index (χ0n) is 6.93. The zero-order valence-corrected chi connectivity index (χ0v) is 6.93. The van der Waals surface area contributed by atoms with E-state index in [1.807, 2.05) is 0 Å². The zero-order chi connectivity index (χ0) is 7.40. The molecule has 0 radical (unpaired) electrons. The second-order valence-corrected chi connectivity index (χ2v) is 3.19. The number of allylic oxidation sites excluding steroid dienone is 4. The molecule has 0 nitrogen and oxygen atoms in total. The molecule has 1 rings (SSSR count). The van der Waals surface area contributed by atoms with Gasteiger partial charge in [-0.05, 0) is 30.8 Å². The molecule has 0 unspecified atom stereocenters. The van der Waals surface area contributed by atoms with Crippen LogP contribution < -0.4 is 0 Å². The Bertz CT molecular complexity index is 149. The van der Waals surface area contributed by atoms with E-state index in [4.69, 9.17) is 0 Å². The monoisotopic (exact) mass is 136 g/mol. The van der Waals surface area contributed by atoms with E-state index < -0.39 is 0 Å². The van der Waals surface area contributed by atoms with Crippen LogP contribution in [0.4, 0.5) is 0 Å². The van der Waals surface area contributed by atoms with E-state index in [-0.39, 0.29) is 0 Å². The molecule has 0 saturated heterocycles. The molecule has 0 bridgehead atoms. The van der Waals surface area contributed by atoms with E-state index in [2.05, 4.69) is 32.1 Å². The average Bonchev–Trinajstić information content (AvgIpc) is 2.12. The summed E-state index contributed by atoms with van der Waals surface area (Å²) in [5.74, 6) is 0.703. The van der Waals surface area contributed by atoms with E-state index in [1.54, 1.807) is 0 Å². The lowest BCUT2D eigenvalue weighted by Gasteiger charge is -2.03. The molecule has 0 aliphatic heterocycles. The third kappa shape index (κ3) is 2.02. The number of hydrogen-bond donors (Lipinski definition) is 0. The maximum Gasteiger partial charge on any atom is -0.0222 e. The Morgan fingerprint density at radius 3 is 2.80 bits per heavy atom. The van der Waals surface area contributed by atoms with Crippen molar-refractivity contribution in [1.29, 1.82) is 0 Å². The van der Waals surface area contributed by atoms with E-state index in [9.17, 15) is 0 Å². The van der Waals surface area contributed by atoms with E-state index in [0.29, 0.717) is 5.92 Å². The predicted octanol–water partition coefficient (Wildman–Crippen LogP) is 3.31. The van der Waals surface area contributed by atoms with Gasteiger partial charge in [-0.1, -0.05) is 32.1 Å². The lowest BCUT2D eigenvalue weighted by atomic mass is 10.0. The third-order valence-electron chi connectivity index (χ3n) is 1.93. The van der Waals surface area contributed by atoms with Crippen molar-refractivity contribution in [3.63, 3.8) is 0 Å². The Kier molecular flexibility index (Phi) is 2.73. The Balaban J connectivity index is 2.61. The molecule has 1 aliphatic carbocycles. The Labute approximate surface area is 63.6 Å². The van der Waals surface area contributed by atoms with Crippen molar-refractivity contribution in [2.24, 2.45) is 5.92 Å². The normalized spacial score (nSPS) is 18.9. The molecule has 0 saturated carbocycles. The van der Waals surface area contributed by atoms with Gasteiger partial charge in [0.05, 0.1) is 0 Å². The Morgan fingerprint density at radius 1 is 1.30 bits per heavy atom. The van der Waals surface area contributed by atoms with Gasteiger partial charge in [0.15, 0.2) is 0 Å². The van der Waals surface area contributed by atoms with Crippen LogP contribution in [0.5, 0.6) is 0 Å². The lowest BCUT2D eigenvalue weighted by Crippen LogP contribution is -1.88. The summed E-state index contributed by atoms with van der Waals surface area (Å²) >= 11 is 0. The summed E-state index contributed by atoms with van der Waals surface area (Å²) in [6.07, 6.45) is 10.8. The molecule has 0 aromatic rings. The average molecular weight is 136 g/mol. The molecule has 56 valence electrons. The maximum absolute atomic E-state index is 2.37. The Hall–Kier alpha value is -0.520. The van der Waals surface area contributed by atoms with Gasteiger partial charge in [0.2, 0.25) is 0 Å². The summed E-state index contributed by atoms with van der Waals surface area (Å²) in [6, 6.07) is 0. The highest BCUT2D eigenvalue weighted by atomic mass is 14.1. The topological polar surface area (TPSA) is 0 Å². The third-order valence-corrected chi connectivity index (χ3v) is 1.93. The van der Waals surface area contributed by atoms with Crippen LogP contribution in [0.1, 0.15) is 33.1 Å². The van der Waals surface area contributed by atoms with E-state index in [0.717, 1.165) is 0 Å². The minimum absolute atomic E-state index is 0.703. The summed E-state index contributed by atoms with van der Waals surface area (Å²) in [5.41, 5.74) is 1.51. The van der Waals surface area contributed by atoms with Crippen LogP contribution in [-0.2, 0) is 0 Å². The highest BCUT2D eigenvalue weighted by Gasteiger charge is 1.99. The molecule has 0 aromatic carbocycles. The van der Waals surface area contributed by atoms with Gasteiger partial charge in [-0.3, -0.25) is 0 Å². The molecule has 0 fully saturated rings. The second-order valence-electron chi connectivity index (χ2n) is 3.19. The van der Waals surface area contributed by atoms with Crippen molar-refractivity contribution < 1.29 is 0 Å². The molecule has 0 amide bonds. The van der Waals surface area contributed by atoms with Crippen molar-refractivity contribution in [2.45, 2.75) is 33.1 Å². The van der Waals surface area contributed by atoms with Gasteiger partial charge >= 0.3 is 0 Å². The first kappa shape index (κ1) is 7.59. The van der Waals surface area contributed by atoms with E-state index in [1.165, 1.54) is 24.8 Å². The molecule has 0 heteroatoms. The lowest BCUT2D eigenvalue weighted by molar-refractivity contribution is 0.782. The van der Waals surface area contributed by atoms with Gasteiger partial charge in [-0.25, -0.2) is 0 Å². The number of rotatable bonds is 1. The summed E-state index contributed by atoms with van der Waals surface area (Å²) in [4.78, 5) is 0. The fourth-order valence-electron chi connectivity index (χ4n) is 1.22. The van der Waals surface area contributed by atoms with Crippen molar-refractivity contribution in [3.8, 4) is 0 Å². The molecule has 10 heavy (non-hydrogen) atoms. The largest absolute Gasteiger partial charge is 0.0843 e. The van der Waals surface area contributed by atoms with Crippen LogP contribution >= 0.6 is 0 Å². The minimum atomic E-state index is 0.703. The van der Waals surface area contributed by atoms with Gasteiger partial charge in [-0.2, -0.15) is 0 Å². The van der Waals surface area contributed by atoms with Gasteiger partial charge in [0.25, 0.3) is 0 Å². The molecular formula is C10H16. The fraction of sp³-hybridized carbons (Fsp3) is 0.600. The smallest absolute Gasteiger partial charge is 0.0222 e. The van der Waals surface area contributed by atoms with Crippen LogP contribution in [0, 0.1) is 5.92 Å². The SMILES string of the molecule is CC(C)C1=CCCCC=C1. The fourth-order valence-corrected chi connectivity index (χ4v) is 1.22. The van der Waals surface area contributed by atoms with Crippen LogP contribution in [0.25, 0.3) is 0 Å². The quantitative estimate of drug-likeness (QED) is 0.518. The standard InChI is InChI=1S/C10H16/c1-9(2)10-7-5-3-4-6-8-10/h5,7-9H,3-4,6H2,1-2H3. The maximum atomic E-state index is 2.37. The molecule has 0 spiro atoms. The summed E-state index contributed by atoms with van der Waals surface area (Å²) in [6.45, 7) is 4.50. The first-order valence-corrected chi connectivity index (χ1v) is 4.17. The Morgan fingerprint density at radius 2 is 2.10 bits per heavy atom. The highest BCUT2D eigenvalue weighted by molar-refractivity contribution is 5.21. The second kappa shape index (κ2) is 3.60. The van der Waals surface area contributed by atoms with Crippen LogP contribution in [0.15, 0.2) is 23.8 Å². The first-order chi connectivity index (χ1) is 4.80. The van der Waals surface area contributed by atoms with Crippen LogP contribution in [0.3, 0.4) is 0 Å². The van der Waals surface area contributed by atoms with Crippen LogP contribution in [-0.4, -0.2) is 0 Å². The van der Waals surface area contributed by atoms with Gasteiger partial charge < -0.3 is 0 Å². The first-order valence-electron chi connectivity index (χ1n) is 4.17. The van der Waals surface area contributed by atoms with Crippen molar-refractivity contribution >= 4 is 0 Å². The van der Waals surface area contributed by atoms with Gasteiger partial charge in [0.1, 0.15) is 0 Å². The van der Waals surface area contributed by atoms with Gasteiger partial charge in [0, 0.05) is 0 Å². The van der Waals surface area contributed by atoms with Crippen LogP contribution in [0.2, 0.25) is 0 Å². The summed E-state index contributed by atoms with van der Waals surface area (Å²) in [7, 11) is 0. The molecule has 0 heterocycles. The molecule has 0 N–H and O–H groups in total.